The van der Waals surface area contributed by atoms with Gasteiger partial charge in [0.25, 0.3) is 0 Å². The smallest absolute Gasteiger partial charge is 0.308 e. The summed E-state index contributed by atoms with van der Waals surface area (Å²) in [5.41, 5.74) is 1.75. The molecule has 1 unspecified atom stereocenters. The summed E-state index contributed by atoms with van der Waals surface area (Å²) in [7, 11) is 1.31. The summed E-state index contributed by atoms with van der Waals surface area (Å²) < 4.78 is 5.29. The molecule has 1 N–H and O–H groups in total. The Labute approximate surface area is 97.2 Å². The molecule has 4 heteroatoms. The van der Waals surface area contributed by atoms with E-state index in [-0.39, 0.29) is 6.42 Å². The molecule has 15 heavy (non-hydrogen) atoms. The van der Waals surface area contributed by atoms with Crippen LogP contribution in [0.15, 0.2) is 22.7 Å². The number of benzene rings is 1. The number of ether oxygens (including phenoxy) is 1. The quantitative estimate of drug-likeness (QED) is 0.860. The maximum atomic E-state index is 11.0. The fraction of sp³-hybridized carbons (Fsp3) is 0.364. The third kappa shape index (κ3) is 3.32. The van der Waals surface area contributed by atoms with Crippen LogP contribution in [0.2, 0.25) is 0 Å². The number of rotatable bonds is 3. The predicted molar refractivity (Wildman–Crippen MR) is 60.5 cm³/mol. The Morgan fingerprint density at radius 3 is 2.87 bits per heavy atom. The van der Waals surface area contributed by atoms with Gasteiger partial charge in [-0.05, 0) is 18.6 Å². The monoisotopic (exact) mass is 272 g/mol. The lowest BCUT2D eigenvalue weighted by molar-refractivity contribution is -0.142. The summed E-state index contributed by atoms with van der Waals surface area (Å²) >= 11 is 3.33. The van der Waals surface area contributed by atoms with Gasteiger partial charge in [-0.2, -0.15) is 0 Å². The number of methoxy groups -OCH3 is 1. The van der Waals surface area contributed by atoms with Crippen molar-refractivity contribution in [3.8, 4) is 0 Å². The number of halogens is 1. The first-order valence-electron chi connectivity index (χ1n) is 4.55. The number of carbonyl (C=O) groups excluding carboxylic acids is 1. The van der Waals surface area contributed by atoms with Crippen LogP contribution in [-0.2, 0) is 9.53 Å². The van der Waals surface area contributed by atoms with Crippen molar-refractivity contribution < 1.29 is 14.6 Å². The largest absolute Gasteiger partial charge is 0.469 e. The highest BCUT2D eigenvalue weighted by atomic mass is 79.9. The minimum absolute atomic E-state index is 0.0292. The van der Waals surface area contributed by atoms with Crippen LogP contribution >= 0.6 is 15.9 Å². The Morgan fingerprint density at radius 1 is 1.60 bits per heavy atom. The molecule has 3 nitrogen and oxygen atoms in total. The summed E-state index contributed by atoms with van der Waals surface area (Å²) in [4.78, 5) is 11.0. The lowest BCUT2D eigenvalue weighted by Gasteiger charge is -2.12. The first-order valence-corrected chi connectivity index (χ1v) is 5.35. The highest BCUT2D eigenvalue weighted by Crippen LogP contribution is 2.26. The minimum Gasteiger partial charge on any atom is -0.469 e. The molecule has 0 aromatic heterocycles. The van der Waals surface area contributed by atoms with Crippen molar-refractivity contribution in [2.24, 2.45) is 0 Å². The van der Waals surface area contributed by atoms with E-state index in [1.54, 1.807) is 0 Å². The van der Waals surface area contributed by atoms with Crippen LogP contribution in [0, 0.1) is 6.92 Å². The second kappa shape index (κ2) is 5.28. The molecule has 82 valence electrons. The molecule has 0 fully saturated rings. The summed E-state index contributed by atoms with van der Waals surface area (Å²) in [6, 6.07) is 5.63. The second-order valence-electron chi connectivity index (χ2n) is 3.32. The van der Waals surface area contributed by atoms with Crippen molar-refractivity contribution in [2.45, 2.75) is 19.4 Å². The van der Waals surface area contributed by atoms with E-state index in [0.29, 0.717) is 5.56 Å². The summed E-state index contributed by atoms with van der Waals surface area (Å²) in [6.07, 6.45) is -0.856. The van der Waals surface area contributed by atoms with Gasteiger partial charge in [-0.3, -0.25) is 4.79 Å². The van der Waals surface area contributed by atoms with Crippen molar-refractivity contribution >= 4 is 21.9 Å². The molecule has 0 aliphatic heterocycles. The van der Waals surface area contributed by atoms with E-state index in [0.717, 1.165) is 10.0 Å². The van der Waals surface area contributed by atoms with Gasteiger partial charge in [-0.1, -0.05) is 33.6 Å². The molecule has 0 saturated heterocycles. The second-order valence-corrected chi connectivity index (χ2v) is 4.18. The first kappa shape index (κ1) is 12.2. The van der Waals surface area contributed by atoms with Gasteiger partial charge in [-0.15, -0.1) is 0 Å². The number of carbonyl (C=O) groups is 1. The fourth-order valence-corrected chi connectivity index (χ4v) is 1.78. The van der Waals surface area contributed by atoms with Gasteiger partial charge in [0.05, 0.1) is 19.6 Å². The maximum Gasteiger partial charge on any atom is 0.308 e. The zero-order chi connectivity index (χ0) is 11.4. The van der Waals surface area contributed by atoms with E-state index < -0.39 is 12.1 Å². The third-order valence-corrected chi connectivity index (χ3v) is 2.82. The molecule has 0 saturated carbocycles. The van der Waals surface area contributed by atoms with Crippen LogP contribution < -0.4 is 0 Å². The van der Waals surface area contributed by atoms with Gasteiger partial charge >= 0.3 is 5.97 Å². The molecular weight excluding hydrogens is 260 g/mol. The molecule has 1 rings (SSSR count). The van der Waals surface area contributed by atoms with Crippen LogP contribution in [0.5, 0.6) is 0 Å². The summed E-state index contributed by atoms with van der Waals surface area (Å²) in [5, 5.41) is 9.80. The fourth-order valence-electron chi connectivity index (χ4n) is 1.27. The molecule has 0 aliphatic rings. The molecule has 0 amide bonds. The molecule has 0 aliphatic carbocycles. The maximum absolute atomic E-state index is 11.0. The number of aryl methyl sites for hydroxylation is 1. The van der Waals surface area contributed by atoms with Crippen LogP contribution in [0.3, 0.4) is 0 Å². The van der Waals surface area contributed by atoms with Gasteiger partial charge in [0.2, 0.25) is 0 Å². The van der Waals surface area contributed by atoms with E-state index in [2.05, 4.69) is 20.7 Å². The van der Waals surface area contributed by atoms with Gasteiger partial charge in [0.15, 0.2) is 0 Å². The lowest BCUT2D eigenvalue weighted by Crippen LogP contribution is -2.08. The normalized spacial score (nSPS) is 12.3. The van der Waals surface area contributed by atoms with E-state index in [1.807, 2.05) is 25.1 Å². The van der Waals surface area contributed by atoms with Crippen molar-refractivity contribution in [3.05, 3.63) is 33.8 Å². The minimum atomic E-state index is -0.827. The van der Waals surface area contributed by atoms with Gasteiger partial charge in [0, 0.05) is 4.47 Å². The van der Waals surface area contributed by atoms with Crippen LogP contribution in [0.1, 0.15) is 23.7 Å². The van der Waals surface area contributed by atoms with Crippen molar-refractivity contribution in [3.63, 3.8) is 0 Å². The first-order chi connectivity index (χ1) is 7.04. The van der Waals surface area contributed by atoms with E-state index >= 15 is 0 Å². The number of esters is 1. The average molecular weight is 273 g/mol. The van der Waals surface area contributed by atoms with Gasteiger partial charge in [-0.25, -0.2) is 0 Å². The number of hydrogen-bond acceptors (Lipinski definition) is 3. The Balaban J connectivity index is 2.85. The van der Waals surface area contributed by atoms with E-state index in [9.17, 15) is 9.90 Å². The molecule has 0 radical (unpaired) electrons. The summed E-state index contributed by atoms with van der Waals surface area (Å²) in [6.45, 7) is 1.93. The van der Waals surface area contributed by atoms with Crippen LogP contribution in [-0.4, -0.2) is 18.2 Å². The molecule has 0 heterocycles. The zero-order valence-corrected chi connectivity index (χ0v) is 10.2. The predicted octanol–water partition coefficient (Wildman–Crippen LogP) is 2.35. The Kier molecular flexibility index (Phi) is 4.29. The Hall–Kier alpha value is -0.870. The summed E-state index contributed by atoms with van der Waals surface area (Å²) in [5.74, 6) is -0.420. The molecule has 0 spiro atoms. The molecule has 1 aromatic rings. The number of aliphatic hydroxyl groups excluding tert-OH is 1. The topological polar surface area (TPSA) is 46.5 Å². The Morgan fingerprint density at radius 2 is 2.27 bits per heavy atom. The number of aliphatic hydroxyl groups is 1. The third-order valence-electron chi connectivity index (χ3n) is 2.10. The van der Waals surface area contributed by atoms with Gasteiger partial charge < -0.3 is 9.84 Å². The number of hydrogen-bond donors (Lipinski definition) is 1. The standard InChI is InChI=1S/C11H13BrO3/c1-7-3-4-9(12)8(5-7)10(13)6-11(14)15-2/h3-5,10,13H,6H2,1-2H3. The lowest BCUT2D eigenvalue weighted by atomic mass is 10.0. The molecule has 0 bridgehead atoms. The van der Waals surface area contributed by atoms with Gasteiger partial charge in [0.1, 0.15) is 0 Å². The van der Waals surface area contributed by atoms with E-state index in [1.165, 1.54) is 7.11 Å². The SMILES string of the molecule is COC(=O)CC(O)c1cc(C)ccc1Br. The highest BCUT2D eigenvalue weighted by Gasteiger charge is 2.15. The van der Waals surface area contributed by atoms with E-state index in [4.69, 9.17) is 0 Å². The van der Waals surface area contributed by atoms with Crippen molar-refractivity contribution in [1.29, 1.82) is 0 Å². The van der Waals surface area contributed by atoms with Crippen LogP contribution in [0.25, 0.3) is 0 Å². The van der Waals surface area contributed by atoms with Crippen LogP contribution in [0.4, 0.5) is 0 Å². The average Bonchev–Trinajstić information content (AvgIpc) is 2.21. The Bertz CT molecular complexity index is 363. The molecule has 1 atom stereocenters. The highest BCUT2D eigenvalue weighted by molar-refractivity contribution is 9.10. The molecule has 1 aromatic carbocycles. The van der Waals surface area contributed by atoms with Crippen molar-refractivity contribution in [2.75, 3.05) is 7.11 Å². The zero-order valence-electron chi connectivity index (χ0n) is 8.66. The molecular formula is C11H13BrO3. The van der Waals surface area contributed by atoms with Crippen molar-refractivity contribution in [1.82, 2.24) is 0 Å².